The second-order valence-electron chi connectivity index (χ2n) is 13.2. The van der Waals surface area contributed by atoms with Crippen molar-refractivity contribution < 1.29 is 48.1 Å². The van der Waals surface area contributed by atoms with Gasteiger partial charge in [-0.05, 0) is 12.8 Å². The maximum absolute atomic E-state index is 12.7. The van der Waals surface area contributed by atoms with Gasteiger partial charge in [0.25, 0.3) is 0 Å². The molecule has 0 aliphatic carbocycles. The number of hydrogen-bond acceptors (Lipinski definition) is 9. The fourth-order valence-corrected chi connectivity index (χ4v) is 5.82. The first-order valence-electron chi connectivity index (χ1n) is 20.1. The summed E-state index contributed by atoms with van der Waals surface area (Å²) in [7, 11) is 0. The second-order valence-corrected chi connectivity index (χ2v) is 14.3. The van der Waals surface area contributed by atoms with Gasteiger partial charge in [0, 0.05) is 65.0 Å². The number of hydrogen-bond donors (Lipinski definition) is 5. The molecule has 5 amide bonds. The molecule has 0 radical (unpaired) electrons. The number of carbonyl (C=O) groups excluding carboxylic acids is 5. The zero-order valence-electron chi connectivity index (χ0n) is 33.0. The highest BCUT2D eigenvalue weighted by atomic mass is 79.9. The molecule has 0 unspecified atom stereocenters. The van der Waals surface area contributed by atoms with Gasteiger partial charge in [0.15, 0.2) is 0 Å². The van der Waals surface area contributed by atoms with Crippen LogP contribution in [0, 0.1) is 0 Å². The highest BCUT2D eigenvalue weighted by molar-refractivity contribution is 9.09. The molecule has 55 heavy (non-hydrogen) atoms. The number of aliphatic carboxylic acids is 1. The number of nitrogens with one attached hydrogen (secondary N) is 4. The molecule has 0 heterocycles. The molecule has 0 aromatic heterocycles. The fraction of sp³-hybridized carbons (Fsp3) is 0.842. The van der Waals surface area contributed by atoms with Crippen LogP contribution in [-0.4, -0.2) is 135 Å². The average Bonchev–Trinajstić information content (AvgIpc) is 3.17. The van der Waals surface area contributed by atoms with E-state index < -0.39 is 5.97 Å². The Morgan fingerprint density at radius 2 is 0.764 bits per heavy atom. The average molecular weight is 916 g/mol. The summed E-state index contributed by atoms with van der Waals surface area (Å²) in [4.78, 5) is 71.9. The van der Waals surface area contributed by atoms with E-state index in [0.29, 0.717) is 65.6 Å². The summed E-state index contributed by atoms with van der Waals surface area (Å²) < 4.78 is 16.5. The van der Waals surface area contributed by atoms with Crippen LogP contribution in [0.1, 0.15) is 116 Å². The van der Waals surface area contributed by atoms with Crippen LogP contribution in [0.3, 0.4) is 0 Å². The Morgan fingerprint density at radius 3 is 1.16 bits per heavy atom. The first kappa shape index (κ1) is 52.7. The fourth-order valence-electron chi connectivity index (χ4n) is 5.42. The van der Waals surface area contributed by atoms with E-state index >= 15 is 0 Å². The SMILES string of the molecule is O=C(O)CCCCCCCCCCCCCCCCC(=O)NCCOCCOCCOCCNC(=O)CCC(=O)N(CCNC(=O)CBr)CCNC(=O)CBr. The predicted molar refractivity (Wildman–Crippen MR) is 219 cm³/mol. The van der Waals surface area contributed by atoms with E-state index in [1.165, 1.54) is 62.7 Å². The number of rotatable bonds is 40. The third-order valence-corrected chi connectivity index (χ3v) is 9.51. The lowest BCUT2D eigenvalue weighted by atomic mass is 10.0. The standard InChI is InChI=1S/C38H69Br2N5O10/c39-31-35(48)41-19-23-45(24-20-42-36(49)32-40)37(50)18-17-34(47)44-22-26-54-28-30-55-29-27-53-25-21-43-33(46)15-13-11-9-7-5-3-1-2-4-6-8-10-12-14-16-38(51)52/h1-32H2,(H,41,48)(H,42,49)(H,43,46)(H,44,47)(H,51,52). The summed E-state index contributed by atoms with van der Waals surface area (Å²) in [5.41, 5.74) is 0. The van der Waals surface area contributed by atoms with Gasteiger partial charge >= 0.3 is 5.97 Å². The minimum Gasteiger partial charge on any atom is -0.481 e. The van der Waals surface area contributed by atoms with Crippen molar-refractivity contribution >= 4 is 67.4 Å². The van der Waals surface area contributed by atoms with Gasteiger partial charge in [-0.3, -0.25) is 28.8 Å². The van der Waals surface area contributed by atoms with E-state index in [1.807, 2.05) is 0 Å². The van der Waals surface area contributed by atoms with Gasteiger partial charge in [0.2, 0.25) is 29.5 Å². The molecular formula is C38H69Br2N5O10. The van der Waals surface area contributed by atoms with Crippen LogP contribution in [0.5, 0.6) is 0 Å². The monoisotopic (exact) mass is 913 g/mol. The summed E-state index contributed by atoms with van der Waals surface area (Å²) in [5.74, 6) is -1.56. The number of amides is 5. The maximum atomic E-state index is 12.7. The van der Waals surface area contributed by atoms with Gasteiger partial charge in [-0.15, -0.1) is 0 Å². The smallest absolute Gasteiger partial charge is 0.303 e. The molecular weight excluding hydrogens is 846 g/mol. The van der Waals surface area contributed by atoms with Crippen molar-refractivity contribution in [2.24, 2.45) is 0 Å². The quantitative estimate of drug-likeness (QED) is 0.0438. The molecule has 0 bridgehead atoms. The van der Waals surface area contributed by atoms with Crippen LogP contribution < -0.4 is 21.3 Å². The number of carboxylic acids is 1. The molecule has 0 aromatic rings. The van der Waals surface area contributed by atoms with Crippen LogP contribution in [-0.2, 0) is 43.0 Å². The van der Waals surface area contributed by atoms with Gasteiger partial charge < -0.3 is 45.5 Å². The molecule has 320 valence electrons. The first-order valence-corrected chi connectivity index (χ1v) is 22.3. The van der Waals surface area contributed by atoms with E-state index in [2.05, 4.69) is 53.1 Å². The number of alkyl halides is 2. The molecule has 0 aliphatic rings. The van der Waals surface area contributed by atoms with Crippen molar-refractivity contribution in [1.29, 1.82) is 0 Å². The molecule has 0 aliphatic heterocycles. The summed E-state index contributed by atoms with van der Waals surface area (Å²) >= 11 is 6.14. The molecule has 0 saturated heterocycles. The van der Waals surface area contributed by atoms with E-state index in [-0.39, 0.29) is 79.2 Å². The van der Waals surface area contributed by atoms with E-state index in [9.17, 15) is 28.8 Å². The molecule has 15 nitrogen and oxygen atoms in total. The summed E-state index contributed by atoms with van der Waals surface area (Å²) in [5, 5.41) is 19.9. The highest BCUT2D eigenvalue weighted by Crippen LogP contribution is 2.14. The minimum atomic E-state index is -0.694. The lowest BCUT2D eigenvalue weighted by Crippen LogP contribution is -2.43. The van der Waals surface area contributed by atoms with Crippen molar-refractivity contribution in [3.05, 3.63) is 0 Å². The number of nitrogens with zero attached hydrogens (tertiary/aromatic N) is 1. The Bertz CT molecular complexity index is 1010. The van der Waals surface area contributed by atoms with Crippen molar-refractivity contribution in [3.63, 3.8) is 0 Å². The minimum absolute atomic E-state index is 0.000616. The number of ether oxygens (including phenoxy) is 3. The Labute approximate surface area is 345 Å². The van der Waals surface area contributed by atoms with Crippen LogP contribution in [0.25, 0.3) is 0 Å². The number of carboxylic acid groups (broad SMARTS) is 1. The Kier molecular flexibility index (Phi) is 38.2. The molecule has 0 fully saturated rings. The zero-order valence-corrected chi connectivity index (χ0v) is 36.1. The van der Waals surface area contributed by atoms with Gasteiger partial charge in [0.05, 0.1) is 50.3 Å². The van der Waals surface area contributed by atoms with E-state index in [0.717, 1.165) is 32.1 Å². The predicted octanol–water partition coefficient (Wildman–Crippen LogP) is 4.23. The van der Waals surface area contributed by atoms with E-state index in [4.69, 9.17) is 19.3 Å². The lowest BCUT2D eigenvalue weighted by Gasteiger charge is -2.23. The highest BCUT2D eigenvalue weighted by Gasteiger charge is 2.16. The summed E-state index contributed by atoms with van der Waals surface area (Å²) in [6.07, 6.45) is 17.1. The molecule has 0 spiro atoms. The molecule has 5 N–H and O–H groups in total. The van der Waals surface area contributed by atoms with Crippen LogP contribution >= 0.6 is 31.9 Å². The van der Waals surface area contributed by atoms with Crippen LogP contribution in [0.4, 0.5) is 0 Å². The molecule has 0 rings (SSSR count). The molecule has 0 atom stereocenters. The van der Waals surface area contributed by atoms with Crippen LogP contribution in [0.2, 0.25) is 0 Å². The zero-order chi connectivity index (χ0) is 40.6. The summed E-state index contributed by atoms with van der Waals surface area (Å²) in [6.45, 7) is 4.09. The molecule has 0 aromatic carbocycles. The second kappa shape index (κ2) is 39.9. The van der Waals surface area contributed by atoms with Crippen molar-refractivity contribution in [2.75, 3.05) is 89.6 Å². The molecule has 0 saturated carbocycles. The topological polar surface area (TPSA) is 202 Å². The van der Waals surface area contributed by atoms with Gasteiger partial charge in [0.1, 0.15) is 0 Å². The lowest BCUT2D eigenvalue weighted by molar-refractivity contribution is -0.137. The first-order chi connectivity index (χ1) is 26.7. The van der Waals surface area contributed by atoms with Crippen molar-refractivity contribution in [2.45, 2.75) is 116 Å². The third-order valence-electron chi connectivity index (χ3n) is 8.49. The molecule has 17 heteroatoms. The normalized spacial score (nSPS) is 10.9. The summed E-state index contributed by atoms with van der Waals surface area (Å²) in [6, 6.07) is 0. The number of carbonyl (C=O) groups is 6. The largest absolute Gasteiger partial charge is 0.481 e. The van der Waals surface area contributed by atoms with Crippen LogP contribution in [0.15, 0.2) is 0 Å². The van der Waals surface area contributed by atoms with E-state index in [1.54, 1.807) is 0 Å². The number of halogens is 2. The van der Waals surface area contributed by atoms with Gasteiger partial charge in [-0.25, -0.2) is 0 Å². The Morgan fingerprint density at radius 1 is 0.418 bits per heavy atom. The van der Waals surface area contributed by atoms with Gasteiger partial charge in [-0.2, -0.15) is 0 Å². The van der Waals surface area contributed by atoms with Crippen molar-refractivity contribution in [3.8, 4) is 0 Å². The maximum Gasteiger partial charge on any atom is 0.303 e. The van der Waals surface area contributed by atoms with Crippen molar-refractivity contribution in [1.82, 2.24) is 26.2 Å². The Balaban J connectivity index is 3.59. The Hall–Kier alpha value is -2.34. The van der Waals surface area contributed by atoms with Gasteiger partial charge in [-0.1, -0.05) is 109 Å². The number of unbranched alkanes of at least 4 members (excludes halogenated alkanes) is 13. The third kappa shape index (κ3) is 38.3.